The molecule has 0 atom stereocenters. The highest BCUT2D eigenvalue weighted by atomic mass is 79.9. The number of ether oxygens (including phenoxy) is 2. The maximum absolute atomic E-state index is 11.3. The predicted molar refractivity (Wildman–Crippen MR) is 67.6 cm³/mol. The molecular formula is C12H9BrN2O3. The van der Waals surface area contributed by atoms with E-state index in [1.54, 1.807) is 12.1 Å². The lowest BCUT2D eigenvalue weighted by Gasteiger charge is -2.05. The van der Waals surface area contributed by atoms with Crippen molar-refractivity contribution in [2.75, 3.05) is 7.11 Å². The number of aromatic nitrogens is 2. The van der Waals surface area contributed by atoms with Crippen LogP contribution in [0, 0.1) is 0 Å². The van der Waals surface area contributed by atoms with E-state index in [2.05, 4.69) is 30.6 Å². The minimum absolute atomic E-state index is 0.104. The Hall–Kier alpha value is -1.95. The van der Waals surface area contributed by atoms with Crippen molar-refractivity contribution >= 4 is 21.9 Å². The number of esters is 1. The van der Waals surface area contributed by atoms with Crippen molar-refractivity contribution < 1.29 is 14.3 Å². The first-order valence-corrected chi connectivity index (χ1v) is 5.82. The fraction of sp³-hybridized carbons (Fsp3) is 0.0833. The molecule has 0 saturated heterocycles. The van der Waals surface area contributed by atoms with Gasteiger partial charge in [0, 0.05) is 4.47 Å². The van der Waals surface area contributed by atoms with E-state index in [0.717, 1.165) is 4.47 Å². The number of carbonyl (C=O) groups is 1. The number of nitrogens with zero attached hydrogens (tertiary/aromatic N) is 2. The van der Waals surface area contributed by atoms with Crippen LogP contribution in [0.5, 0.6) is 11.6 Å². The van der Waals surface area contributed by atoms with E-state index in [4.69, 9.17) is 4.74 Å². The zero-order chi connectivity index (χ0) is 13.0. The molecule has 0 unspecified atom stereocenters. The predicted octanol–water partition coefficient (Wildman–Crippen LogP) is 2.82. The zero-order valence-electron chi connectivity index (χ0n) is 9.46. The van der Waals surface area contributed by atoms with Crippen LogP contribution in [-0.2, 0) is 4.74 Å². The molecule has 0 amide bonds. The van der Waals surface area contributed by atoms with Crippen molar-refractivity contribution in [3.8, 4) is 11.6 Å². The van der Waals surface area contributed by atoms with E-state index in [1.165, 1.54) is 19.5 Å². The van der Waals surface area contributed by atoms with Crippen molar-refractivity contribution in [3.05, 3.63) is 46.8 Å². The van der Waals surface area contributed by atoms with Crippen LogP contribution < -0.4 is 4.74 Å². The number of carbonyl (C=O) groups excluding carboxylic acids is 1. The minimum atomic E-state index is -0.552. The molecule has 0 spiro atoms. The highest BCUT2D eigenvalue weighted by molar-refractivity contribution is 9.10. The molecule has 5 nitrogen and oxygen atoms in total. The fourth-order valence-electron chi connectivity index (χ4n) is 1.22. The zero-order valence-corrected chi connectivity index (χ0v) is 11.0. The highest BCUT2D eigenvalue weighted by Crippen LogP contribution is 2.21. The third kappa shape index (κ3) is 3.04. The molecule has 1 aromatic heterocycles. The van der Waals surface area contributed by atoms with Crippen LogP contribution in [-0.4, -0.2) is 23.0 Å². The van der Waals surface area contributed by atoms with Gasteiger partial charge in [-0.15, -0.1) is 0 Å². The molecule has 0 aliphatic carbocycles. The van der Waals surface area contributed by atoms with Gasteiger partial charge < -0.3 is 9.47 Å². The first-order valence-electron chi connectivity index (χ1n) is 5.03. The molecule has 0 aliphatic heterocycles. The molecule has 1 heterocycles. The van der Waals surface area contributed by atoms with Gasteiger partial charge in [-0.3, -0.25) is 4.98 Å². The summed E-state index contributed by atoms with van der Waals surface area (Å²) in [6.07, 6.45) is 2.74. The maximum Gasteiger partial charge on any atom is 0.358 e. The van der Waals surface area contributed by atoms with Crippen molar-refractivity contribution in [2.45, 2.75) is 0 Å². The Morgan fingerprint density at radius 3 is 2.61 bits per heavy atom. The van der Waals surface area contributed by atoms with Gasteiger partial charge in [0.1, 0.15) is 5.75 Å². The monoisotopic (exact) mass is 308 g/mol. The first-order chi connectivity index (χ1) is 8.69. The Bertz CT molecular complexity index is 558. The van der Waals surface area contributed by atoms with Crippen LogP contribution in [0.1, 0.15) is 10.5 Å². The quantitative estimate of drug-likeness (QED) is 0.816. The number of benzene rings is 1. The number of hydrogen-bond acceptors (Lipinski definition) is 5. The fourth-order valence-corrected chi connectivity index (χ4v) is 1.49. The highest BCUT2D eigenvalue weighted by Gasteiger charge is 2.09. The second kappa shape index (κ2) is 5.59. The van der Waals surface area contributed by atoms with Crippen molar-refractivity contribution in [3.63, 3.8) is 0 Å². The topological polar surface area (TPSA) is 61.3 Å². The van der Waals surface area contributed by atoms with Gasteiger partial charge in [-0.1, -0.05) is 15.9 Å². The first kappa shape index (κ1) is 12.5. The van der Waals surface area contributed by atoms with Gasteiger partial charge in [-0.2, -0.15) is 0 Å². The normalized spacial score (nSPS) is 9.89. The SMILES string of the molecule is COC(=O)c1cncc(Oc2ccc(Br)cc2)n1. The van der Waals surface area contributed by atoms with E-state index in [-0.39, 0.29) is 11.6 Å². The van der Waals surface area contributed by atoms with E-state index < -0.39 is 5.97 Å². The molecule has 2 aromatic rings. The average Bonchev–Trinajstić information content (AvgIpc) is 2.41. The van der Waals surface area contributed by atoms with Gasteiger partial charge in [0.25, 0.3) is 0 Å². The summed E-state index contributed by atoms with van der Waals surface area (Å²) in [4.78, 5) is 19.1. The lowest BCUT2D eigenvalue weighted by atomic mass is 10.3. The Morgan fingerprint density at radius 2 is 1.94 bits per heavy atom. The largest absolute Gasteiger partial charge is 0.464 e. The van der Waals surface area contributed by atoms with Crippen LogP contribution in [0.2, 0.25) is 0 Å². The molecule has 92 valence electrons. The Kier molecular flexibility index (Phi) is 3.88. The van der Waals surface area contributed by atoms with Crippen molar-refractivity contribution in [2.24, 2.45) is 0 Å². The Morgan fingerprint density at radius 1 is 1.22 bits per heavy atom. The minimum Gasteiger partial charge on any atom is -0.464 e. The lowest BCUT2D eigenvalue weighted by molar-refractivity contribution is 0.0592. The molecular weight excluding hydrogens is 300 g/mol. The second-order valence-corrected chi connectivity index (χ2v) is 4.21. The standard InChI is InChI=1S/C12H9BrN2O3/c1-17-12(16)10-6-14-7-11(15-10)18-9-4-2-8(13)3-5-9/h2-7H,1H3. The van der Waals surface area contributed by atoms with Gasteiger partial charge in [0.15, 0.2) is 5.69 Å². The maximum atomic E-state index is 11.3. The molecule has 1 aromatic carbocycles. The lowest BCUT2D eigenvalue weighted by Crippen LogP contribution is -2.05. The van der Waals surface area contributed by atoms with Gasteiger partial charge in [-0.05, 0) is 24.3 Å². The molecule has 6 heteroatoms. The molecule has 0 fully saturated rings. The molecule has 0 saturated carbocycles. The Balaban J connectivity index is 2.19. The van der Waals surface area contributed by atoms with Crippen molar-refractivity contribution in [1.29, 1.82) is 0 Å². The molecule has 18 heavy (non-hydrogen) atoms. The summed E-state index contributed by atoms with van der Waals surface area (Å²) in [6, 6.07) is 7.23. The van der Waals surface area contributed by atoms with Crippen LogP contribution in [0.3, 0.4) is 0 Å². The summed E-state index contributed by atoms with van der Waals surface area (Å²) in [7, 11) is 1.28. The van der Waals surface area contributed by atoms with Crippen LogP contribution in [0.25, 0.3) is 0 Å². The molecule has 0 bridgehead atoms. The summed E-state index contributed by atoms with van der Waals surface area (Å²) in [5.41, 5.74) is 0.104. The molecule has 0 radical (unpaired) electrons. The van der Waals surface area contributed by atoms with Gasteiger partial charge in [0.2, 0.25) is 5.88 Å². The van der Waals surface area contributed by atoms with Crippen LogP contribution >= 0.6 is 15.9 Å². The smallest absolute Gasteiger partial charge is 0.358 e. The van der Waals surface area contributed by atoms with Crippen molar-refractivity contribution in [1.82, 2.24) is 9.97 Å². The number of hydrogen-bond donors (Lipinski definition) is 0. The van der Waals surface area contributed by atoms with E-state index in [9.17, 15) is 4.79 Å². The van der Waals surface area contributed by atoms with E-state index >= 15 is 0 Å². The summed E-state index contributed by atoms with van der Waals surface area (Å²) in [5, 5.41) is 0. The molecule has 0 aliphatic rings. The average molecular weight is 309 g/mol. The van der Waals surface area contributed by atoms with Gasteiger partial charge >= 0.3 is 5.97 Å². The van der Waals surface area contributed by atoms with Crippen LogP contribution in [0.4, 0.5) is 0 Å². The molecule has 0 N–H and O–H groups in total. The summed E-state index contributed by atoms with van der Waals surface area (Å²) < 4.78 is 11.0. The molecule has 2 rings (SSSR count). The Labute approximate surface area is 112 Å². The van der Waals surface area contributed by atoms with E-state index in [1.807, 2.05) is 12.1 Å². The van der Waals surface area contributed by atoms with Crippen LogP contribution in [0.15, 0.2) is 41.1 Å². The second-order valence-electron chi connectivity index (χ2n) is 3.29. The third-order valence-corrected chi connectivity index (χ3v) is 2.57. The number of rotatable bonds is 3. The summed E-state index contributed by atoms with van der Waals surface area (Å²) in [5.74, 6) is 0.290. The summed E-state index contributed by atoms with van der Waals surface area (Å²) in [6.45, 7) is 0. The van der Waals surface area contributed by atoms with E-state index in [0.29, 0.717) is 5.75 Å². The third-order valence-electron chi connectivity index (χ3n) is 2.04. The summed E-state index contributed by atoms with van der Waals surface area (Å²) >= 11 is 3.33. The van der Waals surface area contributed by atoms with Gasteiger partial charge in [-0.25, -0.2) is 9.78 Å². The number of halogens is 1. The van der Waals surface area contributed by atoms with Gasteiger partial charge in [0.05, 0.1) is 19.5 Å². The number of methoxy groups -OCH3 is 1.